The number of aromatic nitrogens is 3. The van der Waals surface area contributed by atoms with Gasteiger partial charge in [-0.2, -0.15) is 0 Å². The molecule has 2 rings (SSSR count). The van der Waals surface area contributed by atoms with Gasteiger partial charge in [-0.05, 0) is 31.4 Å². The smallest absolute Gasteiger partial charge is 0.273 e. The van der Waals surface area contributed by atoms with Gasteiger partial charge in [-0.25, -0.2) is 4.68 Å². The molecular formula is C16H21ClN4O2. The van der Waals surface area contributed by atoms with Crippen LogP contribution >= 0.6 is 11.6 Å². The van der Waals surface area contributed by atoms with Gasteiger partial charge in [-0.3, -0.25) is 4.79 Å². The molecule has 1 amide bonds. The number of carbonyl (C=O) groups excluding carboxylic acids is 1. The summed E-state index contributed by atoms with van der Waals surface area (Å²) in [5.74, 6) is 0.00773. The number of benzene rings is 1. The molecule has 0 radical (unpaired) electrons. The van der Waals surface area contributed by atoms with Crippen LogP contribution in [0.4, 0.5) is 0 Å². The predicted octanol–water partition coefficient (Wildman–Crippen LogP) is 2.37. The summed E-state index contributed by atoms with van der Waals surface area (Å²) >= 11 is 6.15. The molecule has 0 saturated heterocycles. The van der Waals surface area contributed by atoms with Crippen molar-refractivity contribution in [1.29, 1.82) is 0 Å². The number of amides is 1. The molecule has 2 N–H and O–H groups in total. The Morgan fingerprint density at radius 1 is 1.39 bits per heavy atom. The number of nitrogens with one attached hydrogen (secondary N) is 1. The molecule has 1 unspecified atom stereocenters. The van der Waals surface area contributed by atoms with Crippen molar-refractivity contribution in [3.63, 3.8) is 0 Å². The first kappa shape index (κ1) is 17.4. The number of halogens is 1. The number of para-hydroxylation sites is 1. The van der Waals surface area contributed by atoms with Gasteiger partial charge in [0.05, 0.1) is 22.5 Å². The zero-order valence-corrected chi connectivity index (χ0v) is 14.2. The first-order chi connectivity index (χ1) is 10.9. The normalized spacial score (nSPS) is 12.4. The van der Waals surface area contributed by atoms with Crippen molar-refractivity contribution in [3.8, 4) is 5.69 Å². The van der Waals surface area contributed by atoms with Crippen LogP contribution in [-0.2, 0) is 0 Å². The highest BCUT2D eigenvalue weighted by molar-refractivity contribution is 6.32. The van der Waals surface area contributed by atoms with Gasteiger partial charge in [0.15, 0.2) is 5.69 Å². The number of aliphatic hydroxyl groups excluding tert-OH is 1. The third-order valence-corrected chi connectivity index (χ3v) is 3.75. The van der Waals surface area contributed by atoms with E-state index in [0.717, 1.165) is 0 Å². The van der Waals surface area contributed by atoms with E-state index >= 15 is 0 Å². The fourth-order valence-corrected chi connectivity index (χ4v) is 2.53. The van der Waals surface area contributed by atoms with Crippen molar-refractivity contribution in [2.45, 2.75) is 33.3 Å². The predicted molar refractivity (Wildman–Crippen MR) is 88.9 cm³/mol. The number of rotatable bonds is 6. The minimum atomic E-state index is -0.571. The molecule has 1 aromatic heterocycles. The van der Waals surface area contributed by atoms with Crippen LogP contribution in [0.1, 0.15) is 36.5 Å². The van der Waals surface area contributed by atoms with Crippen molar-refractivity contribution >= 4 is 17.5 Å². The van der Waals surface area contributed by atoms with Gasteiger partial charge in [0.25, 0.3) is 5.91 Å². The summed E-state index contributed by atoms with van der Waals surface area (Å²) < 4.78 is 1.53. The molecular weight excluding hydrogens is 316 g/mol. The molecule has 0 aliphatic rings. The Bertz CT molecular complexity index is 684. The van der Waals surface area contributed by atoms with E-state index in [0.29, 0.717) is 28.7 Å². The Kier molecular flexibility index (Phi) is 5.74. The third kappa shape index (κ3) is 4.30. The fraction of sp³-hybridized carbons (Fsp3) is 0.438. The second-order valence-electron chi connectivity index (χ2n) is 5.88. The number of hydrogen-bond acceptors (Lipinski definition) is 4. The monoisotopic (exact) mass is 336 g/mol. The number of aliphatic hydroxyl groups is 1. The molecule has 6 nitrogen and oxygen atoms in total. The number of hydrogen-bond donors (Lipinski definition) is 2. The lowest BCUT2D eigenvalue weighted by molar-refractivity contribution is 0.0895. The van der Waals surface area contributed by atoms with Gasteiger partial charge >= 0.3 is 0 Å². The van der Waals surface area contributed by atoms with Gasteiger partial charge in [-0.15, -0.1) is 5.10 Å². The fourth-order valence-electron chi connectivity index (χ4n) is 2.31. The highest BCUT2D eigenvalue weighted by atomic mass is 35.5. The minimum absolute atomic E-state index is 0.190. The van der Waals surface area contributed by atoms with E-state index in [4.69, 9.17) is 11.6 Å². The SMILES string of the molecule is Cc1c(C(=O)NCC(O)CC(C)C)nnn1-c1ccccc1Cl. The van der Waals surface area contributed by atoms with Crippen LogP contribution < -0.4 is 5.32 Å². The maximum absolute atomic E-state index is 12.2. The first-order valence-electron chi connectivity index (χ1n) is 7.53. The highest BCUT2D eigenvalue weighted by Crippen LogP contribution is 2.21. The summed E-state index contributed by atoms with van der Waals surface area (Å²) in [6, 6.07) is 7.21. The van der Waals surface area contributed by atoms with Gasteiger partial charge in [0, 0.05) is 6.54 Å². The molecule has 1 atom stereocenters. The molecule has 0 aliphatic heterocycles. The topological polar surface area (TPSA) is 80.0 Å². The summed E-state index contributed by atoms with van der Waals surface area (Å²) in [6.07, 6.45) is 0.0591. The molecule has 0 fully saturated rings. The standard InChI is InChI=1S/C16H21ClN4O2/c1-10(2)8-12(22)9-18-16(23)15-11(3)21(20-19-15)14-7-5-4-6-13(14)17/h4-7,10,12,22H,8-9H2,1-3H3,(H,18,23). The van der Waals surface area contributed by atoms with Crippen LogP contribution in [0.15, 0.2) is 24.3 Å². The van der Waals surface area contributed by atoms with Crippen LogP contribution in [0, 0.1) is 12.8 Å². The molecule has 1 aromatic carbocycles. The zero-order valence-electron chi connectivity index (χ0n) is 13.5. The van der Waals surface area contributed by atoms with Gasteiger partial charge < -0.3 is 10.4 Å². The number of nitrogens with zero attached hydrogens (tertiary/aromatic N) is 3. The van der Waals surface area contributed by atoms with Crippen molar-refractivity contribution < 1.29 is 9.90 Å². The molecule has 124 valence electrons. The Hall–Kier alpha value is -1.92. The molecule has 1 heterocycles. The summed E-state index contributed by atoms with van der Waals surface area (Å²) in [4.78, 5) is 12.2. The van der Waals surface area contributed by atoms with E-state index in [9.17, 15) is 9.90 Å². The molecule has 0 spiro atoms. The minimum Gasteiger partial charge on any atom is -0.391 e. The Labute approximate surface area is 140 Å². The van der Waals surface area contributed by atoms with Crippen molar-refractivity contribution in [1.82, 2.24) is 20.3 Å². The van der Waals surface area contributed by atoms with Crippen molar-refractivity contribution in [3.05, 3.63) is 40.7 Å². The second kappa shape index (κ2) is 7.57. The van der Waals surface area contributed by atoms with Crippen LogP contribution in [0.5, 0.6) is 0 Å². The van der Waals surface area contributed by atoms with Crippen molar-refractivity contribution in [2.75, 3.05) is 6.54 Å². The highest BCUT2D eigenvalue weighted by Gasteiger charge is 2.19. The second-order valence-corrected chi connectivity index (χ2v) is 6.29. The lowest BCUT2D eigenvalue weighted by Crippen LogP contribution is -2.33. The number of carbonyl (C=O) groups is 1. The van der Waals surface area contributed by atoms with Crippen LogP contribution in [0.3, 0.4) is 0 Å². The maximum Gasteiger partial charge on any atom is 0.273 e. The maximum atomic E-state index is 12.2. The lowest BCUT2D eigenvalue weighted by Gasteiger charge is -2.13. The molecule has 0 aliphatic carbocycles. The van der Waals surface area contributed by atoms with E-state index in [2.05, 4.69) is 15.6 Å². The van der Waals surface area contributed by atoms with Crippen molar-refractivity contribution in [2.24, 2.45) is 5.92 Å². The zero-order chi connectivity index (χ0) is 17.0. The summed E-state index contributed by atoms with van der Waals surface area (Å²) in [7, 11) is 0. The quantitative estimate of drug-likeness (QED) is 0.848. The van der Waals surface area contributed by atoms with E-state index in [1.54, 1.807) is 19.1 Å². The summed E-state index contributed by atoms with van der Waals surface area (Å²) in [6.45, 7) is 5.98. The largest absolute Gasteiger partial charge is 0.391 e. The molecule has 23 heavy (non-hydrogen) atoms. The summed E-state index contributed by atoms with van der Waals surface area (Å²) in [5, 5.41) is 21.0. The van der Waals surface area contributed by atoms with E-state index in [1.807, 2.05) is 26.0 Å². The molecule has 0 saturated carbocycles. The van der Waals surface area contributed by atoms with Crippen LogP contribution in [-0.4, -0.2) is 38.7 Å². The average molecular weight is 337 g/mol. The first-order valence-corrected chi connectivity index (χ1v) is 7.91. The molecule has 7 heteroatoms. The van der Waals surface area contributed by atoms with Gasteiger partial charge in [0.2, 0.25) is 0 Å². The Balaban J connectivity index is 2.10. The van der Waals surface area contributed by atoms with E-state index < -0.39 is 6.10 Å². The van der Waals surface area contributed by atoms with E-state index in [1.165, 1.54) is 4.68 Å². The summed E-state index contributed by atoms with van der Waals surface area (Å²) in [5.41, 5.74) is 1.48. The Morgan fingerprint density at radius 3 is 2.74 bits per heavy atom. The molecule has 0 bridgehead atoms. The Morgan fingerprint density at radius 2 is 2.09 bits per heavy atom. The van der Waals surface area contributed by atoms with Crippen LogP contribution in [0.2, 0.25) is 5.02 Å². The van der Waals surface area contributed by atoms with Gasteiger partial charge in [-0.1, -0.05) is 42.8 Å². The van der Waals surface area contributed by atoms with Gasteiger partial charge in [0.1, 0.15) is 0 Å². The average Bonchev–Trinajstić information content (AvgIpc) is 2.86. The lowest BCUT2D eigenvalue weighted by atomic mass is 10.1. The third-order valence-electron chi connectivity index (χ3n) is 3.43. The van der Waals surface area contributed by atoms with E-state index in [-0.39, 0.29) is 18.1 Å². The van der Waals surface area contributed by atoms with Crippen LogP contribution in [0.25, 0.3) is 5.69 Å². The molecule has 2 aromatic rings.